The number of hydrogen-bond donors (Lipinski definition) is 0. The van der Waals surface area contributed by atoms with Crippen molar-refractivity contribution < 1.29 is 4.79 Å². The molecule has 0 spiro atoms. The highest BCUT2D eigenvalue weighted by molar-refractivity contribution is 6.30. The molecule has 0 radical (unpaired) electrons. The summed E-state index contributed by atoms with van der Waals surface area (Å²) in [7, 11) is 0. The lowest BCUT2D eigenvalue weighted by Crippen LogP contribution is -2.17. The number of Topliss-reactive ketones (excluding diaryl/α,β-unsaturated/α-hetero) is 1. The summed E-state index contributed by atoms with van der Waals surface area (Å²) in [6, 6.07) is 5.81. The van der Waals surface area contributed by atoms with Crippen LogP contribution in [-0.4, -0.2) is 15.8 Å². The molecule has 0 bridgehead atoms. The second-order valence-electron chi connectivity index (χ2n) is 5.37. The van der Waals surface area contributed by atoms with E-state index in [9.17, 15) is 4.79 Å². The van der Waals surface area contributed by atoms with Crippen molar-refractivity contribution in [1.82, 2.24) is 9.97 Å². The van der Waals surface area contributed by atoms with E-state index in [1.807, 2.05) is 32.0 Å². The minimum absolute atomic E-state index is 0.197. The first-order valence-electron chi connectivity index (χ1n) is 7.64. The van der Waals surface area contributed by atoms with Gasteiger partial charge in [0.05, 0.1) is 5.02 Å². The van der Waals surface area contributed by atoms with E-state index in [1.165, 1.54) is 0 Å². The third-order valence-corrected chi connectivity index (χ3v) is 4.17. The maximum absolute atomic E-state index is 12.5. The molecule has 116 valence electrons. The normalized spacial score (nSPS) is 12.2. The van der Waals surface area contributed by atoms with E-state index in [0.717, 1.165) is 28.9 Å². The topological polar surface area (TPSA) is 42.9 Å². The molecule has 1 atom stereocenters. The Balaban J connectivity index is 2.40. The van der Waals surface area contributed by atoms with Gasteiger partial charge in [0.25, 0.3) is 0 Å². The fourth-order valence-electron chi connectivity index (χ4n) is 2.70. The van der Waals surface area contributed by atoms with Gasteiger partial charge in [-0.05, 0) is 36.6 Å². The number of halogens is 1. The van der Waals surface area contributed by atoms with Crippen LogP contribution in [0.2, 0.25) is 5.02 Å². The molecule has 0 amide bonds. The molecule has 0 saturated heterocycles. The highest BCUT2D eigenvalue weighted by Crippen LogP contribution is 2.26. The van der Waals surface area contributed by atoms with E-state index in [1.54, 1.807) is 12.4 Å². The van der Waals surface area contributed by atoms with Gasteiger partial charge in [-0.15, -0.1) is 0 Å². The van der Waals surface area contributed by atoms with Crippen LogP contribution in [0, 0.1) is 6.92 Å². The fraction of sp³-hybridized carbons (Fsp3) is 0.389. The Hall–Kier alpha value is -1.74. The van der Waals surface area contributed by atoms with Gasteiger partial charge in [-0.2, -0.15) is 0 Å². The molecule has 2 aromatic heterocycles. The van der Waals surface area contributed by atoms with Crippen molar-refractivity contribution in [3.8, 4) is 0 Å². The van der Waals surface area contributed by atoms with Crippen LogP contribution in [0.3, 0.4) is 0 Å². The summed E-state index contributed by atoms with van der Waals surface area (Å²) in [5.41, 5.74) is 3.94. The predicted octanol–water partition coefficient (Wildman–Crippen LogP) is 4.31. The number of carbonyl (C=O) groups is 1. The summed E-state index contributed by atoms with van der Waals surface area (Å²) in [6.07, 6.45) is 5.36. The molecule has 0 aliphatic rings. The van der Waals surface area contributed by atoms with Gasteiger partial charge in [-0.1, -0.05) is 31.5 Å². The van der Waals surface area contributed by atoms with E-state index in [2.05, 4.69) is 16.9 Å². The summed E-state index contributed by atoms with van der Waals surface area (Å²) < 4.78 is 0. The molecule has 1 unspecified atom stereocenters. The van der Waals surface area contributed by atoms with Crippen LogP contribution in [-0.2, 0) is 17.6 Å². The first-order valence-corrected chi connectivity index (χ1v) is 8.02. The number of aromatic nitrogens is 2. The second kappa shape index (κ2) is 7.50. The van der Waals surface area contributed by atoms with Gasteiger partial charge in [-0.3, -0.25) is 14.8 Å². The smallest absolute Gasteiger partial charge is 0.140 e. The fourth-order valence-corrected chi connectivity index (χ4v) is 2.88. The van der Waals surface area contributed by atoms with Crippen molar-refractivity contribution in [2.24, 2.45) is 0 Å². The summed E-state index contributed by atoms with van der Waals surface area (Å²) in [5, 5.41) is 0.636. The van der Waals surface area contributed by atoms with Gasteiger partial charge in [0.1, 0.15) is 5.78 Å². The first kappa shape index (κ1) is 16.6. The van der Waals surface area contributed by atoms with Crippen molar-refractivity contribution in [3.05, 3.63) is 58.1 Å². The average Bonchev–Trinajstić information content (AvgIpc) is 2.53. The number of pyridine rings is 2. The van der Waals surface area contributed by atoms with Crippen molar-refractivity contribution >= 4 is 17.4 Å². The highest BCUT2D eigenvalue weighted by atomic mass is 35.5. The zero-order valence-electron chi connectivity index (χ0n) is 13.3. The van der Waals surface area contributed by atoms with E-state index in [-0.39, 0.29) is 11.7 Å². The Morgan fingerprint density at radius 1 is 1.32 bits per heavy atom. The molecule has 2 aromatic rings. The van der Waals surface area contributed by atoms with Gasteiger partial charge in [0, 0.05) is 42.5 Å². The molecule has 0 fully saturated rings. The third-order valence-electron chi connectivity index (χ3n) is 3.97. The van der Waals surface area contributed by atoms with E-state index < -0.39 is 0 Å². The van der Waals surface area contributed by atoms with Crippen molar-refractivity contribution in [2.75, 3.05) is 0 Å². The Kier molecular flexibility index (Phi) is 5.67. The van der Waals surface area contributed by atoms with Crippen molar-refractivity contribution in [1.29, 1.82) is 0 Å². The Bertz CT molecular complexity index is 670. The van der Waals surface area contributed by atoms with Crippen molar-refractivity contribution in [2.45, 2.75) is 46.0 Å². The quantitative estimate of drug-likeness (QED) is 0.797. The molecule has 3 nitrogen and oxygen atoms in total. The predicted molar refractivity (Wildman–Crippen MR) is 89.3 cm³/mol. The van der Waals surface area contributed by atoms with Gasteiger partial charge >= 0.3 is 0 Å². The number of carbonyl (C=O) groups excluding carboxylic acids is 1. The number of aryl methyl sites for hydroxylation is 2. The van der Waals surface area contributed by atoms with Crippen LogP contribution in [0.4, 0.5) is 0 Å². The standard InChI is InChI=1S/C18H21ClN2O/c1-4-13-9-14(19)11-21-17(13)10-16(18(22)5-2)15-7-6-8-20-12(15)3/h6-9,11,16H,4-5,10H2,1-3H3. The lowest BCUT2D eigenvalue weighted by molar-refractivity contribution is -0.120. The van der Waals surface area contributed by atoms with E-state index in [0.29, 0.717) is 17.9 Å². The molecule has 22 heavy (non-hydrogen) atoms. The molecule has 0 N–H and O–H groups in total. The van der Waals surface area contributed by atoms with Crippen LogP contribution in [0.25, 0.3) is 0 Å². The monoisotopic (exact) mass is 316 g/mol. The molecule has 0 aromatic carbocycles. The molecule has 2 heterocycles. The average molecular weight is 317 g/mol. The Labute approximate surface area is 136 Å². The Morgan fingerprint density at radius 2 is 2.09 bits per heavy atom. The zero-order chi connectivity index (χ0) is 16.1. The molecule has 0 aliphatic carbocycles. The van der Waals surface area contributed by atoms with E-state index >= 15 is 0 Å². The summed E-state index contributed by atoms with van der Waals surface area (Å²) in [5.74, 6) is 0.0209. The van der Waals surface area contributed by atoms with Gasteiger partial charge in [-0.25, -0.2) is 0 Å². The van der Waals surface area contributed by atoms with Crippen LogP contribution >= 0.6 is 11.6 Å². The maximum Gasteiger partial charge on any atom is 0.140 e. The second-order valence-corrected chi connectivity index (χ2v) is 5.80. The summed E-state index contributed by atoms with van der Waals surface area (Å²) in [6.45, 7) is 5.92. The molecule has 0 aliphatic heterocycles. The van der Waals surface area contributed by atoms with Crippen LogP contribution < -0.4 is 0 Å². The zero-order valence-corrected chi connectivity index (χ0v) is 14.0. The molecule has 2 rings (SSSR count). The minimum atomic E-state index is -0.197. The molecular formula is C18H21ClN2O. The van der Waals surface area contributed by atoms with E-state index in [4.69, 9.17) is 11.6 Å². The molecular weight excluding hydrogens is 296 g/mol. The number of nitrogens with zero attached hydrogens (tertiary/aromatic N) is 2. The van der Waals surface area contributed by atoms with Crippen LogP contribution in [0.15, 0.2) is 30.6 Å². The van der Waals surface area contributed by atoms with Crippen molar-refractivity contribution in [3.63, 3.8) is 0 Å². The largest absolute Gasteiger partial charge is 0.299 e. The summed E-state index contributed by atoms with van der Waals surface area (Å²) >= 11 is 6.02. The van der Waals surface area contributed by atoms with Gasteiger partial charge in [0.2, 0.25) is 0 Å². The lowest BCUT2D eigenvalue weighted by atomic mass is 9.87. The van der Waals surface area contributed by atoms with Gasteiger partial charge < -0.3 is 0 Å². The number of rotatable bonds is 6. The molecule has 0 saturated carbocycles. The number of ketones is 1. The minimum Gasteiger partial charge on any atom is -0.299 e. The maximum atomic E-state index is 12.5. The summed E-state index contributed by atoms with van der Waals surface area (Å²) in [4.78, 5) is 21.2. The molecule has 4 heteroatoms. The number of hydrogen-bond acceptors (Lipinski definition) is 3. The van der Waals surface area contributed by atoms with Crippen LogP contribution in [0.5, 0.6) is 0 Å². The van der Waals surface area contributed by atoms with Gasteiger partial charge in [0.15, 0.2) is 0 Å². The third kappa shape index (κ3) is 3.72. The lowest BCUT2D eigenvalue weighted by Gasteiger charge is -2.18. The SMILES string of the molecule is CCC(=O)C(Cc1ncc(Cl)cc1CC)c1cccnc1C. The Morgan fingerprint density at radius 3 is 2.73 bits per heavy atom. The highest BCUT2D eigenvalue weighted by Gasteiger charge is 2.23. The van der Waals surface area contributed by atoms with Crippen LogP contribution in [0.1, 0.15) is 48.7 Å². The first-order chi connectivity index (χ1) is 10.6.